The van der Waals surface area contributed by atoms with Gasteiger partial charge in [0.2, 0.25) is 5.91 Å². The Hall–Kier alpha value is -1.91. The summed E-state index contributed by atoms with van der Waals surface area (Å²) in [5.41, 5.74) is 1.75. The average molecular weight is 301 g/mol. The number of pyridine rings is 1. The molecule has 1 aromatic heterocycles. The molecule has 0 aromatic carbocycles. The van der Waals surface area contributed by atoms with Crippen molar-refractivity contribution in [1.29, 1.82) is 0 Å². The molecule has 2 fully saturated rings. The molecule has 2 saturated heterocycles. The Kier molecular flexibility index (Phi) is 3.89. The summed E-state index contributed by atoms with van der Waals surface area (Å²) in [6, 6.07) is 1.87. The van der Waals surface area contributed by atoms with Crippen molar-refractivity contribution in [3.05, 3.63) is 29.6 Å². The third kappa shape index (κ3) is 2.60. The van der Waals surface area contributed by atoms with Gasteiger partial charge < -0.3 is 9.80 Å². The van der Waals surface area contributed by atoms with Gasteiger partial charge in [-0.1, -0.05) is 0 Å². The van der Waals surface area contributed by atoms with Crippen molar-refractivity contribution in [2.24, 2.45) is 5.41 Å². The second kappa shape index (κ2) is 5.71. The summed E-state index contributed by atoms with van der Waals surface area (Å²) in [6.45, 7) is 7.08. The van der Waals surface area contributed by atoms with Gasteiger partial charge in [0.25, 0.3) is 5.91 Å². The molecule has 0 N–H and O–H groups in total. The van der Waals surface area contributed by atoms with E-state index in [9.17, 15) is 9.59 Å². The summed E-state index contributed by atoms with van der Waals surface area (Å²) in [6.07, 6.45) is 5.84. The van der Waals surface area contributed by atoms with Crippen LogP contribution < -0.4 is 0 Å². The molecule has 0 radical (unpaired) electrons. The van der Waals surface area contributed by atoms with Crippen LogP contribution in [0.5, 0.6) is 0 Å². The zero-order valence-corrected chi connectivity index (χ0v) is 13.3. The number of amides is 2. The third-order valence-electron chi connectivity index (χ3n) is 5.17. The first-order chi connectivity index (χ1) is 10.5. The van der Waals surface area contributed by atoms with E-state index in [0.29, 0.717) is 12.0 Å². The number of aryl methyl sites for hydroxylation is 1. The molecule has 0 unspecified atom stereocenters. The Morgan fingerprint density at radius 1 is 1.36 bits per heavy atom. The van der Waals surface area contributed by atoms with Gasteiger partial charge in [0, 0.05) is 50.4 Å². The first-order valence-electron chi connectivity index (χ1n) is 8.02. The monoisotopic (exact) mass is 301 g/mol. The quantitative estimate of drug-likeness (QED) is 0.838. The molecule has 3 rings (SSSR count). The predicted molar refractivity (Wildman–Crippen MR) is 83.4 cm³/mol. The maximum absolute atomic E-state index is 12.6. The van der Waals surface area contributed by atoms with Gasteiger partial charge in [-0.15, -0.1) is 0 Å². The van der Waals surface area contributed by atoms with Gasteiger partial charge in [-0.3, -0.25) is 14.6 Å². The number of likely N-dealkylation sites (tertiary alicyclic amines) is 2. The summed E-state index contributed by atoms with van der Waals surface area (Å²) >= 11 is 0. The Morgan fingerprint density at radius 3 is 2.68 bits per heavy atom. The SMILES string of the molecule is CCN1CC2(CCN(C(=O)c3cnccc3C)CC2)CC1=O. The molecule has 0 aliphatic carbocycles. The fourth-order valence-electron chi connectivity index (χ4n) is 3.65. The number of piperidine rings is 1. The largest absolute Gasteiger partial charge is 0.342 e. The van der Waals surface area contributed by atoms with Crippen LogP contribution in [0.2, 0.25) is 0 Å². The van der Waals surface area contributed by atoms with Crippen molar-refractivity contribution in [3.63, 3.8) is 0 Å². The van der Waals surface area contributed by atoms with E-state index < -0.39 is 0 Å². The van der Waals surface area contributed by atoms with Gasteiger partial charge in [-0.2, -0.15) is 0 Å². The highest BCUT2D eigenvalue weighted by molar-refractivity contribution is 5.95. The molecule has 118 valence electrons. The van der Waals surface area contributed by atoms with Crippen molar-refractivity contribution in [3.8, 4) is 0 Å². The lowest BCUT2D eigenvalue weighted by Gasteiger charge is -2.38. The van der Waals surface area contributed by atoms with Gasteiger partial charge >= 0.3 is 0 Å². The molecule has 5 nitrogen and oxygen atoms in total. The Bertz CT molecular complexity index is 591. The van der Waals surface area contributed by atoms with Crippen LogP contribution in [0.3, 0.4) is 0 Å². The van der Waals surface area contributed by atoms with Gasteiger partial charge in [-0.05, 0) is 38.3 Å². The molecule has 0 bridgehead atoms. The average Bonchev–Trinajstić information content (AvgIpc) is 2.83. The van der Waals surface area contributed by atoms with Gasteiger partial charge in [0.1, 0.15) is 0 Å². The molecular weight excluding hydrogens is 278 g/mol. The topological polar surface area (TPSA) is 53.5 Å². The van der Waals surface area contributed by atoms with E-state index in [-0.39, 0.29) is 17.2 Å². The molecule has 5 heteroatoms. The maximum atomic E-state index is 12.6. The van der Waals surface area contributed by atoms with Crippen LogP contribution in [0.4, 0.5) is 0 Å². The van der Waals surface area contributed by atoms with E-state index in [1.54, 1.807) is 12.4 Å². The smallest absolute Gasteiger partial charge is 0.255 e. The maximum Gasteiger partial charge on any atom is 0.255 e. The molecule has 2 aliphatic rings. The summed E-state index contributed by atoms with van der Waals surface area (Å²) in [5, 5.41) is 0. The van der Waals surface area contributed by atoms with Crippen molar-refractivity contribution in [2.75, 3.05) is 26.2 Å². The predicted octanol–water partition coefficient (Wildman–Crippen LogP) is 1.86. The van der Waals surface area contributed by atoms with E-state index in [4.69, 9.17) is 0 Å². The van der Waals surface area contributed by atoms with Crippen LogP contribution in [-0.2, 0) is 4.79 Å². The Labute approximate surface area is 131 Å². The number of rotatable bonds is 2. The second-order valence-electron chi connectivity index (χ2n) is 6.57. The minimum atomic E-state index is 0.0668. The fourth-order valence-corrected chi connectivity index (χ4v) is 3.65. The minimum Gasteiger partial charge on any atom is -0.342 e. The van der Waals surface area contributed by atoms with Crippen LogP contribution >= 0.6 is 0 Å². The summed E-state index contributed by atoms with van der Waals surface area (Å²) in [4.78, 5) is 32.5. The number of carbonyl (C=O) groups is 2. The molecular formula is C17H23N3O2. The van der Waals surface area contributed by atoms with Gasteiger partial charge in [-0.25, -0.2) is 0 Å². The summed E-state index contributed by atoms with van der Waals surface area (Å²) in [7, 11) is 0. The molecule has 0 atom stereocenters. The van der Waals surface area contributed by atoms with Crippen LogP contribution in [0.1, 0.15) is 42.1 Å². The first-order valence-corrected chi connectivity index (χ1v) is 8.02. The van der Waals surface area contributed by atoms with Gasteiger partial charge in [0.15, 0.2) is 0 Å². The zero-order chi connectivity index (χ0) is 15.7. The number of nitrogens with zero attached hydrogens (tertiary/aromatic N) is 3. The first kappa shape index (κ1) is 15.0. The normalized spacial score (nSPS) is 20.7. The van der Waals surface area contributed by atoms with E-state index in [0.717, 1.165) is 44.6 Å². The minimum absolute atomic E-state index is 0.0668. The van der Waals surface area contributed by atoms with Crippen molar-refractivity contribution >= 4 is 11.8 Å². The van der Waals surface area contributed by atoms with Crippen molar-refractivity contribution in [2.45, 2.75) is 33.1 Å². The molecule has 0 saturated carbocycles. The van der Waals surface area contributed by atoms with Crippen molar-refractivity contribution < 1.29 is 9.59 Å². The van der Waals surface area contributed by atoms with E-state index in [1.807, 2.05) is 29.7 Å². The molecule has 22 heavy (non-hydrogen) atoms. The highest BCUT2D eigenvalue weighted by atomic mass is 16.2. The number of hydrogen-bond acceptors (Lipinski definition) is 3. The summed E-state index contributed by atoms with van der Waals surface area (Å²) in [5.74, 6) is 0.336. The standard InChI is InChI=1S/C17H23N3O2/c1-3-19-12-17(10-15(19)21)5-8-20(9-6-17)16(22)14-11-18-7-4-13(14)2/h4,7,11H,3,5-6,8-10,12H2,1-2H3. The lowest BCUT2D eigenvalue weighted by molar-refractivity contribution is -0.127. The lowest BCUT2D eigenvalue weighted by Crippen LogP contribution is -2.44. The molecule has 2 amide bonds. The van der Waals surface area contributed by atoms with Crippen LogP contribution in [0.15, 0.2) is 18.5 Å². The van der Waals surface area contributed by atoms with Crippen LogP contribution in [0.25, 0.3) is 0 Å². The van der Waals surface area contributed by atoms with Crippen LogP contribution in [-0.4, -0.2) is 52.8 Å². The summed E-state index contributed by atoms with van der Waals surface area (Å²) < 4.78 is 0. The second-order valence-corrected chi connectivity index (χ2v) is 6.57. The molecule has 1 aromatic rings. The fraction of sp³-hybridized carbons (Fsp3) is 0.588. The lowest BCUT2D eigenvalue weighted by atomic mass is 9.77. The molecule has 3 heterocycles. The highest BCUT2D eigenvalue weighted by Crippen LogP contribution is 2.41. The van der Waals surface area contributed by atoms with Gasteiger partial charge in [0.05, 0.1) is 5.56 Å². The van der Waals surface area contributed by atoms with Crippen LogP contribution in [0, 0.1) is 12.3 Å². The molecule has 2 aliphatic heterocycles. The van der Waals surface area contributed by atoms with Crippen molar-refractivity contribution in [1.82, 2.24) is 14.8 Å². The van der Waals surface area contributed by atoms with E-state index in [1.165, 1.54) is 0 Å². The molecule has 1 spiro atoms. The number of aromatic nitrogens is 1. The zero-order valence-electron chi connectivity index (χ0n) is 13.3. The number of carbonyl (C=O) groups excluding carboxylic acids is 2. The Balaban J connectivity index is 1.66. The number of hydrogen-bond donors (Lipinski definition) is 0. The highest BCUT2D eigenvalue weighted by Gasteiger charge is 2.44. The van der Waals surface area contributed by atoms with E-state index in [2.05, 4.69) is 4.98 Å². The van der Waals surface area contributed by atoms with E-state index >= 15 is 0 Å². The third-order valence-corrected chi connectivity index (χ3v) is 5.17. The Morgan fingerprint density at radius 2 is 2.09 bits per heavy atom.